The molecule has 0 radical (unpaired) electrons. The average Bonchev–Trinajstić information content (AvgIpc) is 3.14. The van der Waals surface area contributed by atoms with Crippen LogP contribution < -0.4 is 5.32 Å². The van der Waals surface area contributed by atoms with Gasteiger partial charge in [-0.2, -0.15) is 0 Å². The van der Waals surface area contributed by atoms with Gasteiger partial charge in [0.15, 0.2) is 0 Å². The molecule has 5 heteroatoms. The molecule has 5 rings (SSSR count). The molecule has 3 fully saturated rings. The molecule has 3 heterocycles. The van der Waals surface area contributed by atoms with Crippen molar-refractivity contribution in [1.82, 2.24) is 14.5 Å². The molecule has 2 aromatic rings. The number of carbonyl (C=O) groups is 1. The van der Waals surface area contributed by atoms with E-state index in [1.807, 2.05) is 33.9 Å². The molecule has 5 nitrogen and oxygen atoms in total. The maximum atomic E-state index is 12.3. The highest BCUT2D eigenvalue weighted by molar-refractivity contribution is 5.90. The van der Waals surface area contributed by atoms with Crippen LogP contribution in [0, 0.1) is 5.92 Å². The number of urea groups is 1. The Morgan fingerprint density at radius 1 is 1.38 bits per heavy atom. The van der Waals surface area contributed by atoms with E-state index in [0.717, 1.165) is 30.3 Å². The van der Waals surface area contributed by atoms with Gasteiger partial charge in [-0.1, -0.05) is 12.1 Å². The van der Waals surface area contributed by atoms with Gasteiger partial charge in [-0.25, -0.2) is 9.78 Å². The van der Waals surface area contributed by atoms with Crippen molar-refractivity contribution < 1.29 is 4.79 Å². The third-order valence-corrected chi connectivity index (χ3v) is 4.47. The van der Waals surface area contributed by atoms with E-state index in [4.69, 9.17) is 0 Å². The first kappa shape index (κ1) is 12.4. The predicted molar refractivity (Wildman–Crippen MR) is 80.0 cm³/mol. The molecule has 1 aromatic carbocycles. The first-order valence-electron chi connectivity index (χ1n) is 7.40. The molecule has 0 spiro atoms. The van der Waals surface area contributed by atoms with Crippen LogP contribution >= 0.6 is 0 Å². The van der Waals surface area contributed by atoms with Crippen LogP contribution in [0.15, 0.2) is 43.0 Å². The molecule has 2 saturated heterocycles. The van der Waals surface area contributed by atoms with Gasteiger partial charge < -0.3 is 14.8 Å². The third kappa shape index (κ3) is 2.39. The van der Waals surface area contributed by atoms with Crippen molar-refractivity contribution in [2.45, 2.75) is 25.4 Å². The molecule has 1 N–H and O–H groups in total. The number of nitrogens with zero attached hydrogens (tertiary/aromatic N) is 3. The molecular formula is C16H18N4O. The summed E-state index contributed by atoms with van der Waals surface area (Å²) in [4.78, 5) is 18.3. The van der Waals surface area contributed by atoms with Crippen LogP contribution in [0.4, 0.5) is 10.5 Å². The Morgan fingerprint density at radius 2 is 2.29 bits per heavy atom. The van der Waals surface area contributed by atoms with Crippen LogP contribution in [0.25, 0.3) is 0 Å². The van der Waals surface area contributed by atoms with Crippen LogP contribution in [-0.2, 0) is 6.54 Å². The molecule has 2 amide bonds. The summed E-state index contributed by atoms with van der Waals surface area (Å²) < 4.78 is 2.01. The van der Waals surface area contributed by atoms with E-state index in [-0.39, 0.29) is 6.03 Å². The van der Waals surface area contributed by atoms with Gasteiger partial charge in [-0.3, -0.25) is 0 Å². The highest BCUT2D eigenvalue weighted by atomic mass is 16.2. The molecule has 0 atom stereocenters. The fourth-order valence-electron chi connectivity index (χ4n) is 3.31. The van der Waals surface area contributed by atoms with E-state index in [0.29, 0.717) is 6.04 Å². The zero-order valence-corrected chi connectivity index (χ0v) is 11.8. The quantitative estimate of drug-likeness (QED) is 0.940. The van der Waals surface area contributed by atoms with E-state index in [1.54, 1.807) is 12.5 Å². The first-order chi connectivity index (χ1) is 10.3. The monoisotopic (exact) mass is 282 g/mol. The Labute approximate surface area is 123 Å². The number of aromatic nitrogens is 2. The van der Waals surface area contributed by atoms with E-state index in [9.17, 15) is 4.79 Å². The van der Waals surface area contributed by atoms with E-state index >= 15 is 0 Å². The normalized spacial score (nSPS) is 23.0. The van der Waals surface area contributed by atoms with Crippen molar-refractivity contribution in [3.05, 3.63) is 48.5 Å². The molecule has 2 aliphatic heterocycles. The molecule has 3 aliphatic rings. The summed E-state index contributed by atoms with van der Waals surface area (Å²) in [7, 11) is 0. The van der Waals surface area contributed by atoms with Gasteiger partial charge in [0.2, 0.25) is 0 Å². The van der Waals surface area contributed by atoms with Crippen molar-refractivity contribution in [3.63, 3.8) is 0 Å². The highest BCUT2D eigenvalue weighted by Gasteiger charge is 2.44. The van der Waals surface area contributed by atoms with Crippen LogP contribution in [-0.4, -0.2) is 33.1 Å². The summed E-state index contributed by atoms with van der Waals surface area (Å²) in [5, 5.41) is 3.02. The van der Waals surface area contributed by atoms with Crippen molar-refractivity contribution in [2.75, 3.05) is 11.9 Å². The van der Waals surface area contributed by atoms with Crippen molar-refractivity contribution in [1.29, 1.82) is 0 Å². The summed E-state index contributed by atoms with van der Waals surface area (Å²) in [5.74, 6) is 0.744. The summed E-state index contributed by atoms with van der Waals surface area (Å²) >= 11 is 0. The summed E-state index contributed by atoms with van der Waals surface area (Å²) in [6, 6.07) is 8.52. The SMILES string of the molecule is O=C(Nc1cccc(Cn2ccnc2)c1)N1CC2CC1C2. The molecule has 21 heavy (non-hydrogen) atoms. The Balaban J connectivity index is 1.44. The van der Waals surface area contributed by atoms with Crippen LogP contribution in [0.5, 0.6) is 0 Å². The zero-order chi connectivity index (χ0) is 14.2. The molecule has 0 unspecified atom stereocenters. The molecule has 1 aliphatic carbocycles. The number of imidazole rings is 1. The Bertz CT molecular complexity index is 646. The zero-order valence-electron chi connectivity index (χ0n) is 11.8. The van der Waals surface area contributed by atoms with Gasteiger partial charge in [-0.05, 0) is 36.5 Å². The molecule has 108 valence electrons. The summed E-state index contributed by atoms with van der Waals surface area (Å²) in [6.45, 7) is 1.68. The third-order valence-electron chi connectivity index (χ3n) is 4.47. The number of anilines is 1. The fourth-order valence-corrected chi connectivity index (χ4v) is 3.31. The number of hydrogen-bond acceptors (Lipinski definition) is 2. The van der Waals surface area contributed by atoms with Crippen LogP contribution in [0.1, 0.15) is 18.4 Å². The topological polar surface area (TPSA) is 50.2 Å². The minimum absolute atomic E-state index is 0.0415. The molecule has 1 aromatic heterocycles. The second-order valence-corrected chi connectivity index (χ2v) is 6.01. The Kier molecular flexibility index (Phi) is 2.91. The molecular weight excluding hydrogens is 264 g/mol. The average molecular weight is 282 g/mol. The standard InChI is InChI=1S/C16H18N4O/c21-16(20-10-13-7-15(20)8-13)18-14-3-1-2-12(6-14)9-19-5-4-17-11-19/h1-6,11,13,15H,7-10H2,(H,18,21). The number of amides is 2. The lowest BCUT2D eigenvalue weighted by Gasteiger charge is -2.25. The second kappa shape index (κ2) is 4.91. The largest absolute Gasteiger partial charge is 0.333 e. The van der Waals surface area contributed by atoms with Gasteiger partial charge in [0.1, 0.15) is 0 Å². The number of carbonyl (C=O) groups excluding carboxylic acids is 1. The number of hydrogen-bond donors (Lipinski definition) is 1. The van der Waals surface area contributed by atoms with Crippen molar-refractivity contribution in [2.24, 2.45) is 5.92 Å². The van der Waals surface area contributed by atoms with Gasteiger partial charge in [0.25, 0.3) is 0 Å². The number of fused-ring (bicyclic) bond motifs is 1. The number of rotatable bonds is 3. The fraction of sp³-hybridized carbons (Fsp3) is 0.375. The summed E-state index contributed by atoms with van der Waals surface area (Å²) in [6.07, 6.45) is 7.87. The minimum Gasteiger partial charge on any atom is -0.333 e. The summed E-state index contributed by atoms with van der Waals surface area (Å²) in [5.41, 5.74) is 2.01. The van der Waals surface area contributed by atoms with Gasteiger partial charge in [0, 0.05) is 37.2 Å². The maximum absolute atomic E-state index is 12.3. The van der Waals surface area contributed by atoms with Crippen molar-refractivity contribution >= 4 is 11.7 Å². The van der Waals surface area contributed by atoms with Crippen LogP contribution in [0.2, 0.25) is 0 Å². The van der Waals surface area contributed by atoms with Crippen LogP contribution in [0.3, 0.4) is 0 Å². The minimum atomic E-state index is 0.0415. The lowest BCUT2D eigenvalue weighted by molar-refractivity contribution is 0.207. The predicted octanol–water partition coefficient (Wildman–Crippen LogP) is 2.56. The van der Waals surface area contributed by atoms with Gasteiger partial charge in [-0.15, -0.1) is 0 Å². The highest BCUT2D eigenvalue weighted by Crippen LogP contribution is 2.40. The smallest absolute Gasteiger partial charge is 0.322 e. The van der Waals surface area contributed by atoms with E-state index in [1.165, 1.54) is 12.8 Å². The maximum Gasteiger partial charge on any atom is 0.322 e. The number of benzene rings is 1. The second-order valence-electron chi connectivity index (χ2n) is 6.01. The number of nitrogens with one attached hydrogen (secondary N) is 1. The first-order valence-corrected chi connectivity index (χ1v) is 7.40. The molecule has 2 bridgehead atoms. The molecule has 1 saturated carbocycles. The Hall–Kier alpha value is -2.30. The van der Waals surface area contributed by atoms with E-state index in [2.05, 4.69) is 16.4 Å². The Morgan fingerprint density at radius 3 is 3.00 bits per heavy atom. The lowest BCUT2D eigenvalue weighted by Crippen LogP contribution is -2.37. The van der Waals surface area contributed by atoms with Gasteiger partial charge in [0.05, 0.1) is 6.33 Å². The lowest BCUT2D eigenvalue weighted by atomic mass is 9.86. The van der Waals surface area contributed by atoms with E-state index < -0.39 is 0 Å². The van der Waals surface area contributed by atoms with Crippen molar-refractivity contribution in [3.8, 4) is 0 Å². The van der Waals surface area contributed by atoms with Gasteiger partial charge >= 0.3 is 6.03 Å².